The lowest BCUT2D eigenvalue weighted by molar-refractivity contribution is 0.0690. The average molecular weight is 221 g/mol. The lowest BCUT2D eigenvalue weighted by Crippen LogP contribution is -2.09. The van der Waals surface area contributed by atoms with Gasteiger partial charge in [-0.25, -0.2) is 4.79 Å². The molecule has 2 rings (SSSR count). The normalized spacial score (nSPS) is 15.2. The van der Waals surface area contributed by atoms with E-state index in [9.17, 15) is 9.90 Å². The molecule has 1 heterocycles. The van der Waals surface area contributed by atoms with Crippen molar-refractivity contribution in [2.24, 2.45) is 0 Å². The molecule has 0 radical (unpaired) electrons. The molecule has 1 aromatic heterocycles. The highest BCUT2D eigenvalue weighted by Gasteiger charge is 2.27. The third-order valence-electron chi connectivity index (χ3n) is 2.59. The highest BCUT2D eigenvalue weighted by atomic mass is 16.5. The van der Waals surface area contributed by atoms with Gasteiger partial charge in [0, 0.05) is 6.20 Å². The largest absolute Gasteiger partial charge is 0.488 e. The third-order valence-corrected chi connectivity index (χ3v) is 2.59. The van der Waals surface area contributed by atoms with Gasteiger partial charge < -0.3 is 9.84 Å². The molecule has 0 bridgehead atoms. The Morgan fingerprint density at radius 1 is 1.50 bits per heavy atom. The van der Waals surface area contributed by atoms with Gasteiger partial charge in [-0.3, -0.25) is 4.98 Å². The predicted octanol–water partition coefficient (Wildman–Crippen LogP) is 2.44. The summed E-state index contributed by atoms with van der Waals surface area (Å²) in [4.78, 5) is 15.3. The first-order valence-electron chi connectivity index (χ1n) is 5.47. The van der Waals surface area contributed by atoms with E-state index in [1.54, 1.807) is 6.20 Å². The summed E-state index contributed by atoms with van der Waals surface area (Å²) in [6, 6.07) is 0. The Balaban J connectivity index is 2.41. The molecule has 16 heavy (non-hydrogen) atoms. The zero-order chi connectivity index (χ0) is 11.7. The molecule has 1 aliphatic carbocycles. The van der Waals surface area contributed by atoms with Crippen LogP contribution in [0.1, 0.15) is 48.5 Å². The molecule has 0 saturated heterocycles. The summed E-state index contributed by atoms with van der Waals surface area (Å²) in [6.45, 7) is 3.90. The maximum atomic E-state index is 11.2. The molecule has 0 spiro atoms. The minimum Gasteiger partial charge on any atom is -0.488 e. The van der Waals surface area contributed by atoms with E-state index in [1.165, 1.54) is 6.20 Å². The van der Waals surface area contributed by atoms with E-state index in [-0.39, 0.29) is 17.6 Å². The smallest absolute Gasteiger partial charge is 0.339 e. The number of ether oxygens (including phenoxy) is 1. The summed E-state index contributed by atoms with van der Waals surface area (Å²) in [6.07, 6.45) is 5.29. The number of hydrogen-bond donors (Lipinski definition) is 1. The van der Waals surface area contributed by atoms with Gasteiger partial charge in [0.05, 0.1) is 12.3 Å². The van der Waals surface area contributed by atoms with Crippen LogP contribution in [0.25, 0.3) is 0 Å². The lowest BCUT2D eigenvalue weighted by Gasteiger charge is -2.13. The molecule has 1 aromatic rings. The number of aromatic nitrogens is 1. The van der Waals surface area contributed by atoms with Crippen molar-refractivity contribution >= 4 is 5.97 Å². The van der Waals surface area contributed by atoms with Crippen molar-refractivity contribution in [1.82, 2.24) is 4.98 Å². The Labute approximate surface area is 94.3 Å². The number of nitrogens with zero attached hydrogens (tertiary/aromatic N) is 1. The highest BCUT2D eigenvalue weighted by Crippen LogP contribution is 2.32. The van der Waals surface area contributed by atoms with Crippen LogP contribution in [-0.2, 0) is 0 Å². The number of hydrogen-bond acceptors (Lipinski definition) is 3. The van der Waals surface area contributed by atoms with Crippen LogP contribution in [0.4, 0.5) is 0 Å². The van der Waals surface area contributed by atoms with E-state index in [1.807, 2.05) is 13.8 Å². The molecule has 0 unspecified atom stereocenters. The summed E-state index contributed by atoms with van der Waals surface area (Å²) in [5.74, 6) is -0.413. The number of carboxylic acids is 1. The first kappa shape index (κ1) is 10.9. The van der Waals surface area contributed by atoms with Crippen LogP contribution in [0.5, 0.6) is 5.75 Å². The van der Waals surface area contributed by atoms with E-state index in [2.05, 4.69) is 4.98 Å². The van der Waals surface area contributed by atoms with Gasteiger partial charge in [-0.15, -0.1) is 0 Å². The number of pyridine rings is 1. The molecule has 1 saturated carbocycles. The van der Waals surface area contributed by atoms with Crippen molar-refractivity contribution in [3.05, 3.63) is 23.5 Å². The molecule has 1 N–H and O–H groups in total. The number of aromatic carboxylic acids is 1. The van der Waals surface area contributed by atoms with Crippen LogP contribution in [0, 0.1) is 0 Å². The van der Waals surface area contributed by atoms with Gasteiger partial charge in [-0.05, 0) is 24.3 Å². The van der Waals surface area contributed by atoms with Crippen LogP contribution >= 0.6 is 0 Å². The summed E-state index contributed by atoms with van der Waals surface area (Å²) < 4.78 is 5.57. The van der Waals surface area contributed by atoms with Crippen LogP contribution in [0.2, 0.25) is 0 Å². The van der Waals surface area contributed by atoms with Crippen molar-refractivity contribution in [2.45, 2.75) is 38.7 Å². The van der Waals surface area contributed by atoms with Crippen molar-refractivity contribution in [3.63, 3.8) is 0 Å². The topological polar surface area (TPSA) is 59.4 Å². The lowest BCUT2D eigenvalue weighted by atomic mass is 9.99. The van der Waals surface area contributed by atoms with Crippen molar-refractivity contribution in [2.75, 3.05) is 0 Å². The van der Waals surface area contributed by atoms with Gasteiger partial charge in [0.2, 0.25) is 0 Å². The molecule has 0 atom stereocenters. The number of carboxylic acid groups (broad SMARTS) is 1. The summed E-state index contributed by atoms with van der Waals surface area (Å²) >= 11 is 0. The second-order valence-electron chi connectivity index (χ2n) is 4.38. The van der Waals surface area contributed by atoms with E-state index >= 15 is 0 Å². The van der Waals surface area contributed by atoms with Gasteiger partial charge in [0.15, 0.2) is 5.75 Å². The molecule has 4 nitrogen and oxygen atoms in total. The Morgan fingerprint density at radius 2 is 2.19 bits per heavy atom. The summed E-state index contributed by atoms with van der Waals surface area (Å²) in [7, 11) is 0. The Kier molecular flexibility index (Phi) is 2.81. The van der Waals surface area contributed by atoms with E-state index in [0.29, 0.717) is 5.75 Å². The molecule has 0 aromatic carbocycles. The van der Waals surface area contributed by atoms with E-state index in [0.717, 1.165) is 18.4 Å². The fraction of sp³-hybridized carbons (Fsp3) is 0.500. The number of carbonyl (C=O) groups is 1. The SMILES string of the molecule is CC(C)c1cncc(OC2CC2)c1C(=O)O. The number of rotatable bonds is 4. The van der Waals surface area contributed by atoms with Crippen LogP contribution < -0.4 is 4.74 Å². The average Bonchev–Trinajstić information content (AvgIpc) is 3.00. The van der Waals surface area contributed by atoms with Crippen LogP contribution in [0.15, 0.2) is 12.4 Å². The molecule has 1 fully saturated rings. The Hall–Kier alpha value is -1.58. The molecule has 4 heteroatoms. The van der Waals surface area contributed by atoms with Crippen LogP contribution in [0.3, 0.4) is 0 Å². The first-order valence-corrected chi connectivity index (χ1v) is 5.47. The second kappa shape index (κ2) is 4.12. The summed E-state index contributed by atoms with van der Waals surface area (Å²) in [5, 5.41) is 9.22. The Morgan fingerprint density at radius 3 is 2.69 bits per heavy atom. The van der Waals surface area contributed by atoms with Gasteiger partial charge in [0.1, 0.15) is 5.56 Å². The monoisotopic (exact) mass is 221 g/mol. The van der Waals surface area contributed by atoms with E-state index in [4.69, 9.17) is 4.74 Å². The van der Waals surface area contributed by atoms with Crippen molar-refractivity contribution in [1.29, 1.82) is 0 Å². The molecule has 86 valence electrons. The summed E-state index contributed by atoms with van der Waals surface area (Å²) in [5.41, 5.74) is 0.988. The molecule has 0 aliphatic heterocycles. The minimum absolute atomic E-state index is 0.126. The zero-order valence-corrected chi connectivity index (χ0v) is 9.43. The minimum atomic E-state index is -0.943. The van der Waals surface area contributed by atoms with Crippen molar-refractivity contribution < 1.29 is 14.6 Å². The maximum Gasteiger partial charge on any atom is 0.339 e. The first-order chi connectivity index (χ1) is 7.59. The van der Waals surface area contributed by atoms with Crippen LogP contribution in [-0.4, -0.2) is 22.2 Å². The molecule has 0 amide bonds. The standard InChI is InChI=1S/C12H15NO3/c1-7(2)9-5-13-6-10(11(9)12(14)15)16-8-3-4-8/h5-8H,3-4H2,1-2H3,(H,14,15). The van der Waals surface area contributed by atoms with Gasteiger partial charge in [-0.2, -0.15) is 0 Å². The predicted molar refractivity (Wildman–Crippen MR) is 58.9 cm³/mol. The van der Waals surface area contributed by atoms with Crippen molar-refractivity contribution in [3.8, 4) is 5.75 Å². The molecule has 1 aliphatic rings. The quantitative estimate of drug-likeness (QED) is 0.848. The Bertz CT molecular complexity index is 411. The molecular formula is C12H15NO3. The second-order valence-corrected chi connectivity index (χ2v) is 4.38. The third kappa shape index (κ3) is 2.15. The maximum absolute atomic E-state index is 11.2. The van der Waals surface area contributed by atoms with Gasteiger partial charge in [-0.1, -0.05) is 13.8 Å². The zero-order valence-electron chi connectivity index (χ0n) is 9.43. The highest BCUT2D eigenvalue weighted by molar-refractivity contribution is 5.92. The molecular weight excluding hydrogens is 206 g/mol. The van der Waals surface area contributed by atoms with Gasteiger partial charge in [0.25, 0.3) is 0 Å². The van der Waals surface area contributed by atoms with Gasteiger partial charge >= 0.3 is 5.97 Å². The fourth-order valence-corrected chi connectivity index (χ4v) is 1.58. The van der Waals surface area contributed by atoms with E-state index < -0.39 is 5.97 Å². The fourth-order valence-electron chi connectivity index (χ4n) is 1.58.